The van der Waals surface area contributed by atoms with Gasteiger partial charge in [0.05, 0.1) is 22.5 Å². The summed E-state index contributed by atoms with van der Waals surface area (Å²) in [5, 5.41) is 16.4. The maximum absolute atomic E-state index is 14.3. The van der Waals surface area contributed by atoms with Crippen LogP contribution in [0.3, 0.4) is 0 Å². The SMILES string of the molecule is O=C1C(O)=C2C=c3ccc([nH]3)=Cc3ccc([nH]3)C=C3N=C(C(c4ccccc4)=C1N2)C(c1ccccc1)(c1ccccc1)C3c1ccccc1. The Kier molecular flexibility index (Phi) is 6.95. The maximum atomic E-state index is 14.3. The number of benzene rings is 4. The molecule has 1 atom stereocenters. The Bertz CT molecular complexity index is 2480. The highest BCUT2D eigenvalue weighted by molar-refractivity contribution is 6.37. The van der Waals surface area contributed by atoms with Gasteiger partial charge in [-0.3, -0.25) is 9.79 Å². The van der Waals surface area contributed by atoms with E-state index in [-0.39, 0.29) is 17.4 Å². The van der Waals surface area contributed by atoms with E-state index in [1.165, 1.54) is 0 Å². The molecular formula is C44H32N4O2. The lowest BCUT2D eigenvalue weighted by Crippen LogP contribution is -2.41. The number of Topliss-reactive ketones (excluding diaryl/α,β-unsaturated/α-hetero) is 1. The van der Waals surface area contributed by atoms with Gasteiger partial charge in [-0.2, -0.15) is 0 Å². The molecule has 0 amide bonds. The average Bonchev–Trinajstić information content (AvgIpc) is 3.94. The van der Waals surface area contributed by atoms with Gasteiger partial charge in [-0.1, -0.05) is 121 Å². The molecule has 3 aliphatic heterocycles. The van der Waals surface area contributed by atoms with E-state index >= 15 is 0 Å². The van der Waals surface area contributed by atoms with E-state index in [1.807, 2.05) is 66.7 Å². The van der Waals surface area contributed by atoms with Gasteiger partial charge in [0.1, 0.15) is 5.70 Å². The van der Waals surface area contributed by atoms with Crippen LogP contribution in [0.25, 0.3) is 23.8 Å². The molecule has 0 radical (unpaired) electrons. The first-order valence-electron chi connectivity index (χ1n) is 16.7. The number of nitrogens with zero attached hydrogens (tertiary/aromatic N) is 1. The van der Waals surface area contributed by atoms with E-state index in [2.05, 4.69) is 106 Å². The topological polar surface area (TPSA) is 93.3 Å². The van der Waals surface area contributed by atoms with E-state index in [9.17, 15) is 9.90 Å². The van der Waals surface area contributed by atoms with Crippen LogP contribution in [-0.2, 0) is 10.2 Å². The number of carbonyl (C=O) groups excluding carboxylic acids is 1. The third-order valence-electron chi connectivity index (χ3n) is 9.82. The Hall–Kier alpha value is -6.66. The predicted molar refractivity (Wildman–Crippen MR) is 198 cm³/mol. The minimum atomic E-state index is -0.901. The summed E-state index contributed by atoms with van der Waals surface area (Å²) in [5.41, 5.74) is 7.65. The molecule has 6 aromatic rings. The van der Waals surface area contributed by atoms with Crippen molar-refractivity contribution in [3.63, 3.8) is 0 Å². The van der Waals surface area contributed by atoms with Gasteiger partial charge < -0.3 is 20.4 Å². The summed E-state index contributed by atoms with van der Waals surface area (Å²) in [6.45, 7) is 0. The van der Waals surface area contributed by atoms with Gasteiger partial charge in [0.25, 0.3) is 0 Å². The molecule has 0 spiro atoms. The van der Waals surface area contributed by atoms with Crippen molar-refractivity contribution in [2.75, 3.05) is 0 Å². The van der Waals surface area contributed by atoms with Gasteiger partial charge in [0, 0.05) is 33.6 Å². The van der Waals surface area contributed by atoms with E-state index in [4.69, 9.17) is 4.99 Å². The van der Waals surface area contributed by atoms with Crippen LogP contribution in [-0.4, -0.2) is 26.6 Å². The number of aromatic amines is 2. The molecule has 240 valence electrons. The number of aliphatic hydroxyl groups excluding tert-OH is 1. The summed E-state index contributed by atoms with van der Waals surface area (Å²) >= 11 is 0. The van der Waals surface area contributed by atoms with Crippen molar-refractivity contribution in [2.24, 2.45) is 4.99 Å². The highest BCUT2D eigenvalue weighted by Crippen LogP contribution is 2.57. The summed E-state index contributed by atoms with van der Waals surface area (Å²) in [5.74, 6) is -1.13. The smallest absolute Gasteiger partial charge is 0.246 e. The number of ketones is 1. The fourth-order valence-corrected chi connectivity index (χ4v) is 7.71. The van der Waals surface area contributed by atoms with E-state index in [0.29, 0.717) is 17.0 Å². The Morgan fingerprint density at radius 3 is 1.80 bits per heavy atom. The average molecular weight is 649 g/mol. The van der Waals surface area contributed by atoms with Crippen molar-refractivity contribution >= 4 is 35.3 Å². The molecule has 2 aromatic heterocycles. The molecule has 50 heavy (non-hydrogen) atoms. The lowest BCUT2D eigenvalue weighted by molar-refractivity contribution is -0.114. The molecule has 5 heterocycles. The number of hydrogen-bond donors (Lipinski definition) is 4. The quantitative estimate of drug-likeness (QED) is 0.168. The molecule has 8 bridgehead atoms. The van der Waals surface area contributed by atoms with Crippen LogP contribution >= 0.6 is 0 Å². The summed E-state index contributed by atoms with van der Waals surface area (Å²) in [4.78, 5) is 26.9. The molecule has 0 aliphatic carbocycles. The zero-order valence-electron chi connectivity index (χ0n) is 27.0. The standard InChI is InChI=1S/C44H32N4O2/c49-41-37-27-35-24-22-33(46-35)25-32-21-23-34(45-32)26-36-39(29-15-7-2-8-16-29)44(30-17-9-3-10-18-30,31-19-11-4-12-20-31)43(48-36)38(40(47-37)42(41)50)28-13-5-1-6-14-28/h1-27,39,45-47,49H. The minimum absolute atomic E-state index is 0.274. The zero-order valence-corrected chi connectivity index (χ0v) is 27.0. The number of carbonyl (C=O) groups is 1. The Balaban J connectivity index is 1.46. The van der Waals surface area contributed by atoms with E-state index < -0.39 is 11.2 Å². The second-order valence-electron chi connectivity index (χ2n) is 12.8. The molecule has 1 unspecified atom stereocenters. The van der Waals surface area contributed by atoms with Crippen LogP contribution in [0.4, 0.5) is 0 Å². The lowest BCUT2D eigenvalue weighted by Gasteiger charge is -2.39. The first-order valence-corrected chi connectivity index (χ1v) is 16.7. The number of fused-ring (bicyclic) bond motifs is 7. The largest absolute Gasteiger partial charge is 0.503 e. The Morgan fingerprint density at radius 2 is 1.16 bits per heavy atom. The number of allylic oxidation sites excluding steroid dienone is 3. The number of aliphatic imine (C=N–C) groups is 1. The normalized spacial score (nSPS) is 17.8. The number of aliphatic hydroxyl groups is 1. The van der Waals surface area contributed by atoms with Gasteiger partial charge >= 0.3 is 0 Å². The molecule has 4 N–H and O–H groups in total. The van der Waals surface area contributed by atoms with Crippen LogP contribution < -0.4 is 16.0 Å². The van der Waals surface area contributed by atoms with Crippen molar-refractivity contribution in [1.82, 2.24) is 15.3 Å². The molecule has 4 aromatic carbocycles. The minimum Gasteiger partial charge on any atom is -0.503 e. The summed E-state index contributed by atoms with van der Waals surface area (Å²) < 4.78 is 0. The van der Waals surface area contributed by atoms with Gasteiger partial charge in [-0.25, -0.2) is 0 Å². The van der Waals surface area contributed by atoms with Crippen molar-refractivity contribution in [3.05, 3.63) is 213 Å². The molecule has 3 aliphatic rings. The van der Waals surface area contributed by atoms with Gasteiger partial charge in [-0.15, -0.1) is 0 Å². The van der Waals surface area contributed by atoms with Gasteiger partial charge in [0.2, 0.25) is 5.78 Å². The van der Waals surface area contributed by atoms with Crippen LogP contribution in [0.5, 0.6) is 0 Å². The number of H-pyrrole nitrogens is 2. The third kappa shape index (κ3) is 4.72. The van der Waals surface area contributed by atoms with Gasteiger partial charge in [0.15, 0.2) is 5.76 Å². The van der Waals surface area contributed by atoms with Crippen LogP contribution in [0.1, 0.15) is 39.6 Å². The predicted octanol–water partition coefficient (Wildman–Crippen LogP) is 6.88. The summed E-state index contributed by atoms with van der Waals surface area (Å²) in [6, 6.07) is 49.3. The first kappa shape index (κ1) is 29.5. The van der Waals surface area contributed by atoms with E-state index in [0.717, 1.165) is 50.0 Å². The van der Waals surface area contributed by atoms with Crippen molar-refractivity contribution in [1.29, 1.82) is 0 Å². The van der Waals surface area contributed by atoms with Crippen LogP contribution in [0, 0.1) is 0 Å². The molecular weight excluding hydrogens is 617 g/mol. The number of nitrogens with one attached hydrogen (secondary N) is 3. The molecule has 6 heteroatoms. The number of aromatic nitrogens is 2. The number of hydrogen-bond acceptors (Lipinski definition) is 4. The Morgan fingerprint density at radius 1 is 0.600 bits per heavy atom. The van der Waals surface area contributed by atoms with Crippen molar-refractivity contribution < 1.29 is 9.90 Å². The van der Waals surface area contributed by atoms with Crippen molar-refractivity contribution in [3.8, 4) is 0 Å². The van der Waals surface area contributed by atoms with Gasteiger partial charge in [-0.05, 0) is 64.7 Å². The third-order valence-corrected chi connectivity index (χ3v) is 9.82. The first-order chi connectivity index (χ1) is 24.6. The second-order valence-corrected chi connectivity index (χ2v) is 12.8. The van der Waals surface area contributed by atoms with Crippen molar-refractivity contribution in [2.45, 2.75) is 11.3 Å². The zero-order chi connectivity index (χ0) is 33.7. The molecule has 6 nitrogen and oxygen atoms in total. The number of rotatable bonds is 4. The molecule has 0 saturated heterocycles. The van der Waals surface area contributed by atoms with E-state index in [1.54, 1.807) is 6.08 Å². The molecule has 9 rings (SSSR count). The maximum Gasteiger partial charge on any atom is 0.246 e. The highest BCUT2D eigenvalue weighted by atomic mass is 16.3. The second kappa shape index (κ2) is 11.8. The highest BCUT2D eigenvalue weighted by Gasteiger charge is 2.55. The molecule has 0 fully saturated rings. The summed E-state index contributed by atoms with van der Waals surface area (Å²) in [7, 11) is 0. The fraction of sp³-hybridized carbons (Fsp3) is 0.0455. The Labute approximate surface area is 288 Å². The monoisotopic (exact) mass is 648 g/mol. The van der Waals surface area contributed by atoms with Crippen LogP contribution in [0.15, 0.2) is 173 Å². The van der Waals surface area contributed by atoms with Crippen LogP contribution in [0.2, 0.25) is 0 Å². The molecule has 0 saturated carbocycles. The lowest BCUT2D eigenvalue weighted by atomic mass is 9.60. The fourth-order valence-electron chi connectivity index (χ4n) is 7.71. The summed E-state index contributed by atoms with van der Waals surface area (Å²) in [6.07, 6.45) is 5.92.